The van der Waals surface area contributed by atoms with Gasteiger partial charge in [0.25, 0.3) is 0 Å². The second-order valence-electron chi connectivity index (χ2n) is 0. The molecule has 0 saturated heterocycles. The van der Waals surface area contributed by atoms with Gasteiger partial charge < -0.3 is 4.28 Å². The smallest absolute Gasteiger partial charge is 1.00 e. The zero-order valence-corrected chi connectivity index (χ0v) is 9.82. The second kappa shape index (κ2) is 16.1. The third-order valence-corrected chi connectivity index (χ3v) is 0. The molecule has 1 radical (unpaired) electrons. The minimum atomic E-state index is 0. The standard InChI is InChI=1S/Ag.Ca.Na.H3P.3H/h;;;1H3;;;/q;+2;+1;;3*-1. The molecule has 0 nitrogen and oxygen atoms in total. The third-order valence-electron chi connectivity index (χ3n) is 0. The Morgan fingerprint density at radius 1 is 1.25 bits per heavy atom. The van der Waals surface area contributed by atoms with Crippen molar-refractivity contribution >= 4 is 47.6 Å². The van der Waals surface area contributed by atoms with Crippen LogP contribution >= 0.6 is 9.90 Å². The van der Waals surface area contributed by atoms with Crippen LogP contribution in [0.4, 0.5) is 0 Å². The maximum Gasteiger partial charge on any atom is 2.00 e. The third kappa shape index (κ3) is 9.06. The summed E-state index contributed by atoms with van der Waals surface area (Å²) in [5, 5.41) is 0. The van der Waals surface area contributed by atoms with Crippen molar-refractivity contribution in [2.75, 3.05) is 0 Å². The van der Waals surface area contributed by atoms with Gasteiger partial charge in [-0.3, -0.25) is 0 Å². The van der Waals surface area contributed by atoms with Gasteiger partial charge in [-0.15, -0.1) is 0 Å². The summed E-state index contributed by atoms with van der Waals surface area (Å²) in [5.74, 6) is 0. The predicted octanol–water partition coefficient (Wildman–Crippen LogP) is -2.98. The Morgan fingerprint density at radius 3 is 1.25 bits per heavy atom. The Balaban J connectivity index is 0. The van der Waals surface area contributed by atoms with Crippen LogP contribution in [0.1, 0.15) is 4.28 Å². The number of hydrogen-bond donors (Lipinski definition) is 0. The largest absolute Gasteiger partial charge is 2.00 e. The Hall–Kier alpha value is 3.43. The normalized spacial score (nSPS) is 0. The minimum Gasteiger partial charge on any atom is -1.00 e. The Morgan fingerprint density at radius 2 is 1.25 bits per heavy atom. The van der Waals surface area contributed by atoms with E-state index in [4.69, 9.17) is 0 Å². The monoisotopic (exact) mass is 207 g/mol. The van der Waals surface area contributed by atoms with Gasteiger partial charge in [0.1, 0.15) is 0 Å². The first kappa shape index (κ1) is 26.1. The molecule has 1 atom stereocenters. The topological polar surface area (TPSA) is 0 Å². The summed E-state index contributed by atoms with van der Waals surface area (Å²) >= 11 is 0. The average Bonchev–Trinajstić information content (AvgIpc) is 0. The second-order valence-corrected chi connectivity index (χ2v) is 0. The van der Waals surface area contributed by atoms with E-state index in [9.17, 15) is 0 Å². The van der Waals surface area contributed by atoms with Crippen LogP contribution in [0.5, 0.6) is 0 Å². The van der Waals surface area contributed by atoms with Crippen molar-refractivity contribution in [3.8, 4) is 0 Å². The minimum absolute atomic E-state index is 0. The van der Waals surface area contributed by atoms with Crippen LogP contribution in [-0.2, 0) is 22.4 Å². The van der Waals surface area contributed by atoms with Crippen molar-refractivity contribution in [3.05, 3.63) is 0 Å². The molecule has 0 aromatic heterocycles. The van der Waals surface area contributed by atoms with Crippen LogP contribution in [0.15, 0.2) is 0 Å². The molecule has 4 heteroatoms. The molecule has 4 heavy (non-hydrogen) atoms. The molecule has 0 aromatic carbocycles. The summed E-state index contributed by atoms with van der Waals surface area (Å²) in [6.45, 7) is 0. The summed E-state index contributed by atoms with van der Waals surface area (Å²) in [6, 6.07) is 0. The maximum absolute atomic E-state index is 0. The van der Waals surface area contributed by atoms with Crippen LogP contribution in [0.2, 0.25) is 0 Å². The van der Waals surface area contributed by atoms with Crippen molar-refractivity contribution in [1.82, 2.24) is 0 Å². The fourth-order valence-electron chi connectivity index (χ4n) is 0. The number of rotatable bonds is 0. The van der Waals surface area contributed by atoms with Gasteiger partial charge in [-0.25, -0.2) is 0 Å². The quantitative estimate of drug-likeness (QED) is 0.294. The van der Waals surface area contributed by atoms with Gasteiger partial charge in [-0.2, -0.15) is 9.90 Å². The summed E-state index contributed by atoms with van der Waals surface area (Å²) in [6.07, 6.45) is 0. The molecular formula is H6AgCaNaP. The van der Waals surface area contributed by atoms with E-state index < -0.39 is 0 Å². The van der Waals surface area contributed by atoms with Gasteiger partial charge in [-0.05, 0) is 0 Å². The zero-order chi connectivity index (χ0) is 0. The fourth-order valence-corrected chi connectivity index (χ4v) is 0. The van der Waals surface area contributed by atoms with Gasteiger partial charge in [0.15, 0.2) is 0 Å². The van der Waals surface area contributed by atoms with Crippen LogP contribution < -0.4 is 29.6 Å². The van der Waals surface area contributed by atoms with Crippen LogP contribution in [-0.4, -0.2) is 37.7 Å². The molecule has 0 saturated carbocycles. The molecule has 0 heterocycles. The van der Waals surface area contributed by atoms with E-state index in [1.807, 2.05) is 0 Å². The fraction of sp³-hybridized carbons (Fsp3) is 0. The first-order chi connectivity index (χ1) is 0. The van der Waals surface area contributed by atoms with E-state index in [0.717, 1.165) is 0 Å². The molecule has 25 valence electrons. The summed E-state index contributed by atoms with van der Waals surface area (Å²) < 4.78 is 0. The van der Waals surface area contributed by atoms with E-state index in [0.29, 0.717) is 0 Å². The molecule has 0 aliphatic rings. The van der Waals surface area contributed by atoms with Gasteiger partial charge in [0, 0.05) is 22.4 Å². The molecule has 1 unspecified atom stereocenters. The summed E-state index contributed by atoms with van der Waals surface area (Å²) in [4.78, 5) is 0. The Labute approximate surface area is 102 Å². The van der Waals surface area contributed by atoms with Crippen molar-refractivity contribution in [2.45, 2.75) is 0 Å². The van der Waals surface area contributed by atoms with E-state index in [2.05, 4.69) is 0 Å². The molecule has 0 bridgehead atoms. The molecule has 0 spiro atoms. The van der Waals surface area contributed by atoms with Gasteiger partial charge in [0.05, 0.1) is 0 Å². The van der Waals surface area contributed by atoms with Crippen LogP contribution in [0, 0.1) is 0 Å². The molecule has 0 rings (SSSR count). The molecular weight excluding hydrogens is 202 g/mol. The molecule has 0 N–H and O–H groups in total. The summed E-state index contributed by atoms with van der Waals surface area (Å²) in [5.41, 5.74) is 0. The van der Waals surface area contributed by atoms with Gasteiger partial charge in [-0.1, -0.05) is 0 Å². The molecule has 0 aliphatic heterocycles. The van der Waals surface area contributed by atoms with E-state index in [-0.39, 0.29) is 104 Å². The van der Waals surface area contributed by atoms with Crippen molar-refractivity contribution in [1.29, 1.82) is 0 Å². The van der Waals surface area contributed by atoms with Crippen molar-refractivity contribution in [3.63, 3.8) is 0 Å². The molecule has 0 aromatic rings. The molecule has 0 fully saturated rings. The van der Waals surface area contributed by atoms with Gasteiger partial charge in [0.2, 0.25) is 0 Å². The molecule has 0 amide bonds. The van der Waals surface area contributed by atoms with Gasteiger partial charge >= 0.3 is 67.3 Å². The Kier molecular flexibility index (Phi) is 105. The van der Waals surface area contributed by atoms with Crippen LogP contribution in [0.25, 0.3) is 0 Å². The number of hydrogen-bond acceptors (Lipinski definition) is 0. The predicted molar refractivity (Wildman–Crippen MR) is 20.2 cm³/mol. The maximum atomic E-state index is 0. The zero-order valence-electron chi connectivity index (χ0n) is 5.72. The first-order valence-corrected chi connectivity index (χ1v) is 0. The van der Waals surface area contributed by atoms with Crippen molar-refractivity contribution < 1.29 is 56.2 Å². The molecule has 0 aliphatic carbocycles. The SMILES string of the molecule is P.[Ag].[Ca+2].[H-].[H-].[H-].[Na+]. The summed E-state index contributed by atoms with van der Waals surface area (Å²) in [7, 11) is 0. The van der Waals surface area contributed by atoms with Crippen molar-refractivity contribution in [2.24, 2.45) is 0 Å². The Bertz CT molecular complexity index is 14.9. The first-order valence-electron chi connectivity index (χ1n) is 0. The average molecular weight is 208 g/mol. The van der Waals surface area contributed by atoms with E-state index >= 15 is 0 Å². The van der Waals surface area contributed by atoms with Crippen LogP contribution in [0.3, 0.4) is 0 Å². The van der Waals surface area contributed by atoms with E-state index in [1.165, 1.54) is 0 Å². The van der Waals surface area contributed by atoms with E-state index in [1.54, 1.807) is 0 Å².